The first-order valence-electron chi connectivity index (χ1n) is 10.5. The van der Waals surface area contributed by atoms with Crippen LogP contribution in [0.15, 0.2) is 71.6 Å². The molecule has 1 aliphatic rings. The largest absolute Gasteiger partial charge is 0.476 e. The monoisotopic (exact) mass is 450 g/mol. The Morgan fingerprint density at radius 1 is 1.00 bits per heavy atom. The predicted octanol–water partition coefficient (Wildman–Crippen LogP) is 4.46. The zero-order chi connectivity index (χ0) is 22.9. The number of fused-ring (bicyclic) bond motifs is 1. The van der Waals surface area contributed by atoms with Gasteiger partial charge in [0.2, 0.25) is 0 Å². The first-order valence-corrected chi connectivity index (χ1v) is 12.0. The summed E-state index contributed by atoms with van der Waals surface area (Å²) >= 11 is 0. The van der Waals surface area contributed by atoms with E-state index >= 15 is 0 Å². The van der Waals surface area contributed by atoms with Gasteiger partial charge >= 0.3 is 0 Å². The number of carbonyl (C=O) groups is 1. The molecule has 1 amide bonds. The fourth-order valence-electron chi connectivity index (χ4n) is 3.61. The third-order valence-corrected chi connectivity index (χ3v) is 7.31. The Bertz CT molecular complexity index is 1240. The van der Waals surface area contributed by atoms with Crippen molar-refractivity contribution in [2.45, 2.75) is 38.2 Å². The lowest BCUT2D eigenvalue weighted by molar-refractivity contribution is -0.122. The van der Waals surface area contributed by atoms with Crippen molar-refractivity contribution in [3.05, 3.63) is 83.4 Å². The summed E-state index contributed by atoms with van der Waals surface area (Å²) in [6.07, 6.45) is -0.0857. The maximum absolute atomic E-state index is 13.5. The highest BCUT2D eigenvalue weighted by Crippen LogP contribution is 2.38. The maximum atomic E-state index is 13.5. The lowest BCUT2D eigenvalue weighted by Gasteiger charge is -2.35. The van der Waals surface area contributed by atoms with E-state index in [1.807, 2.05) is 44.2 Å². The molecule has 0 spiro atoms. The molecule has 0 saturated heterocycles. The third-order valence-electron chi connectivity index (χ3n) is 5.52. The number of rotatable bonds is 5. The van der Waals surface area contributed by atoms with Crippen LogP contribution in [0.4, 0.5) is 11.4 Å². The first-order chi connectivity index (χ1) is 15.3. The molecule has 0 radical (unpaired) electrons. The minimum absolute atomic E-state index is 0.120. The summed E-state index contributed by atoms with van der Waals surface area (Å²) in [6, 6.07) is 19.5. The van der Waals surface area contributed by atoms with E-state index in [1.54, 1.807) is 36.4 Å². The Hall–Kier alpha value is -3.32. The summed E-state index contributed by atoms with van der Waals surface area (Å²) in [5.41, 5.74) is 4.10. The molecule has 1 aliphatic heterocycles. The summed E-state index contributed by atoms with van der Waals surface area (Å²) in [5.74, 6) is -0.0288. The Morgan fingerprint density at radius 2 is 1.66 bits per heavy atom. The van der Waals surface area contributed by atoms with Crippen LogP contribution >= 0.6 is 0 Å². The lowest BCUT2D eigenvalue weighted by Crippen LogP contribution is -2.48. The number of carbonyl (C=O) groups excluding carboxylic acids is 1. The van der Waals surface area contributed by atoms with Crippen molar-refractivity contribution in [3.63, 3.8) is 0 Å². The van der Waals surface area contributed by atoms with Gasteiger partial charge in [-0.1, -0.05) is 42.8 Å². The Labute approximate surface area is 188 Å². The minimum atomic E-state index is -3.88. The lowest BCUT2D eigenvalue weighted by atomic mass is 10.1. The molecular formula is C25H26N2O4S. The van der Waals surface area contributed by atoms with Gasteiger partial charge in [-0.25, -0.2) is 8.42 Å². The van der Waals surface area contributed by atoms with E-state index in [4.69, 9.17) is 4.74 Å². The van der Waals surface area contributed by atoms with Gasteiger partial charge in [0, 0.05) is 5.69 Å². The smallest absolute Gasteiger partial charge is 0.267 e. The molecule has 3 aromatic rings. The highest BCUT2D eigenvalue weighted by molar-refractivity contribution is 7.92. The summed E-state index contributed by atoms with van der Waals surface area (Å²) in [4.78, 5) is 13.2. The predicted molar refractivity (Wildman–Crippen MR) is 126 cm³/mol. The molecule has 0 aromatic heterocycles. The highest BCUT2D eigenvalue weighted by atomic mass is 32.2. The van der Waals surface area contributed by atoms with Crippen LogP contribution in [0.25, 0.3) is 0 Å². The molecule has 1 atom stereocenters. The summed E-state index contributed by atoms with van der Waals surface area (Å²) < 4.78 is 34.2. The van der Waals surface area contributed by atoms with Crippen LogP contribution in [0.5, 0.6) is 5.75 Å². The number of aryl methyl sites for hydroxylation is 3. The average Bonchev–Trinajstić information content (AvgIpc) is 2.78. The Kier molecular flexibility index (Phi) is 5.93. The fourth-order valence-corrected chi connectivity index (χ4v) is 5.09. The van der Waals surface area contributed by atoms with Crippen LogP contribution in [0, 0.1) is 13.8 Å². The number of hydrogen-bond donors (Lipinski definition) is 1. The van der Waals surface area contributed by atoms with Gasteiger partial charge in [-0.2, -0.15) is 0 Å². The maximum Gasteiger partial charge on any atom is 0.267 e. The van der Waals surface area contributed by atoms with Crippen molar-refractivity contribution in [1.29, 1.82) is 0 Å². The molecule has 0 fully saturated rings. The molecule has 3 aromatic carbocycles. The second-order valence-corrected chi connectivity index (χ2v) is 9.83. The van der Waals surface area contributed by atoms with Crippen LogP contribution in [0.2, 0.25) is 0 Å². The van der Waals surface area contributed by atoms with Crippen molar-refractivity contribution in [1.82, 2.24) is 0 Å². The quantitative estimate of drug-likeness (QED) is 0.623. The van der Waals surface area contributed by atoms with Crippen molar-refractivity contribution in [2.75, 3.05) is 16.2 Å². The van der Waals surface area contributed by atoms with Gasteiger partial charge in [-0.05, 0) is 67.8 Å². The van der Waals surface area contributed by atoms with E-state index in [-0.39, 0.29) is 11.4 Å². The fraction of sp³-hybridized carbons (Fsp3) is 0.240. The first kappa shape index (κ1) is 21.9. The van der Waals surface area contributed by atoms with Gasteiger partial charge in [0.05, 0.1) is 17.1 Å². The Morgan fingerprint density at radius 3 is 2.31 bits per heavy atom. The standard InChI is InChI=1S/C25H26N2O4S/c1-4-19-8-10-20(11-9-19)26-25(28)24-16-27(22-14-7-18(3)15-23(22)31-24)32(29,30)21-12-5-17(2)6-13-21/h5-15,24H,4,16H2,1-3H3,(H,26,28). The van der Waals surface area contributed by atoms with E-state index in [0.29, 0.717) is 17.1 Å². The second-order valence-electron chi connectivity index (χ2n) is 7.97. The molecule has 6 nitrogen and oxygen atoms in total. The molecule has 1 heterocycles. The van der Waals surface area contributed by atoms with Crippen molar-refractivity contribution in [3.8, 4) is 5.75 Å². The average molecular weight is 451 g/mol. The molecule has 1 N–H and O–H groups in total. The summed E-state index contributed by atoms with van der Waals surface area (Å²) in [7, 11) is -3.88. The number of anilines is 2. The van der Waals surface area contributed by atoms with Crippen molar-refractivity contribution in [2.24, 2.45) is 0 Å². The number of amides is 1. The molecule has 166 valence electrons. The highest BCUT2D eigenvalue weighted by Gasteiger charge is 2.37. The van der Waals surface area contributed by atoms with Crippen molar-refractivity contribution < 1.29 is 17.9 Å². The van der Waals surface area contributed by atoms with Crippen LogP contribution in [-0.2, 0) is 21.2 Å². The van der Waals surface area contributed by atoms with Crippen LogP contribution in [0.3, 0.4) is 0 Å². The number of hydrogen-bond acceptors (Lipinski definition) is 4. The normalized spacial score (nSPS) is 15.6. The molecule has 0 saturated carbocycles. The number of nitrogens with one attached hydrogen (secondary N) is 1. The third kappa shape index (κ3) is 4.34. The van der Waals surface area contributed by atoms with Gasteiger partial charge in [0.25, 0.3) is 15.9 Å². The SMILES string of the molecule is CCc1ccc(NC(=O)C2CN(S(=O)(=O)c3ccc(C)cc3)c3ccc(C)cc3O2)cc1. The number of nitrogens with zero attached hydrogens (tertiary/aromatic N) is 1. The van der Waals surface area contributed by atoms with Gasteiger partial charge < -0.3 is 10.1 Å². The van der Waals surface area contributed by atoms with Gasteiger partial charge in [0.15, 0.2) is 6.10 Å². The molecule has 4 rings (SSSR count). The number of sulfonamides is 1. The van der Waals surface area contributed by atoms with E-state index in [1.165, 1.54) is 4.31 Å². The topological polar surface area (TPSA) is 75.7 Å². The summed E-state index contributed by atoms with van der Waals surface area (Å²) in [6.45, 7) is 5.73. The van der Waals surface area contributed by atoms with E-state index in [9.17, 15) is 13.2 Å². The van der Waals surface area contributed by atoms with Crippen LogP contribution < -0.4 is 14.4 Å². The molecule has 1 unspecified atom stereocenters. The molecule has 32 heavy (non-hydrogen) atoms. The molecule has 7 heteroatoms. The van der Waals surface area contributed by atoms with Crippen LogP contribution in [0.1, 0.15) is 23.6 Å². The zero-order valence-corrected chi connectivity index (χ0v) is 19.1. The Balaban J connectivity index is 1.66. The van der Waals surface area contributed by atoms with Crippen molar-refractivity contribution >= 4 is 27.3 Å². The van der Waals surface area contributed by atoms with Crippen LogP contribution in [-0.4, -0.2) is 27.0 Å². The minimum Gasteiger partial charge on any atom is -0.476 e. The zero-order valence-electron chi connectivity index (χ0n) is 18.3. The van der Waals surface area contributed by atoms with E-state index in [0.717, 1.165) is 23.1 Å². The molecule has 0 aliphatic carbocycles. The molecule has 0 bridgehead atoms. The van der Waals surface area contributed by atoms with E-state index < -0.39 is 22.0 Å². The van der Waals surface area contributed by atoms with Gasteiger partial charge in [-0.3, -0.25) is 9.10 Å². The second kappa shape index (κ2) is 8.67. The van der Waals surface area contributed by atoms with Gasteiger partial charge in [0.1, 0.15) is 5.75 Å². The molecular weight excluding hydrogens is 424 g/mol. The van der Waals surface area contributed by atoms with E-state index in [2.05, 4.69) is 12.2 Å². The number of benzene rings is 3. The summed E-state index contributed by atoms with van der Waals surface area (Å²) in [5, 5.41) is 2.84. The van der Waals surface area contributed by atoms with Gasteiger partial charge in [-0.15, -0.1) is 0 Å². The number of ether oxygens (including phenoxy) is 1.